The van der Waals surface area contributed by atoms with Gasteiger partial charge in [-0.3, -0.25) is 9.59 Å². The lowest BCUT2D eigenvalue weighted by atomic mass is 9.98. The van der Waals surface area contributed by atoms with Crippen molar-refractivity contribution in [1.29, 1.82) is 0 Å². The van der Waals surface area contributed by atoms with Gasteiger partial charge in [0.2, 0.25) is 5.91 Å². The van der Waals surface area contributed by atoms with E-state index < -0.39 is 17.6 Å². The van der Waals surface area contributed by atoms with Crippen LogP contribution < -0.4 is 5.32 Å². The topological polar surface area (TPSA) is 49.4 Å². The van der Waals surface area contributed by atoms with Crippen molar-refractivity contribution in [2.45, 2.75) is 6.18 Å². The molecule has 0 aliphatic carbocycles. The molecule has 0 heterocycles. The smallest absolute Gasteiger partial charge is 0.332 e. The summed E-state index contributed by atoms with van der Waals surface area (Å²) in [6.07, 6.45) is -4.43. The first kappa shape index (κ1) is 21.1. The molecule has 3 rings (SSSR count). The number of carbonyl (C=O) groups is 2. The maximum absolute atomic E-state index is 12.9. The molecule has 0 aliphatic rings. The minimum absolute atomic E-state index is 0.172. The molecule has 4 nitrogen and oxygen atoms in total. The summed E-state index contributed by atoms with van der Waals surface area (Å²) in [6.45, 7) is -0.172. The third kappa shape index (κ3) is 5.05. The van der Waals surface area contributed by atoms with Gasteiger partial charge >= 0.3 is 6.18 Å². The van der Waals surface area contributed by atoms with Gasteiger partial charge in [0.05, 0.1) is 12.1 Å². The lowest BCUT2D eigenvalue weighted by Crippen LogP contribution is -2.35. The molecule has 0 aromatic heterocycles. The van der Waals surface area contributed by atoms with Crippen LogP contribution >= 0.6 is 0 Å². The summed E-state index contributed by atoms with van der Waals surface area (Å²) in [5.74, 6) is -0.766. The molecular weight excluding hydrogens is 393 g/mol. The molecule has 1 N–H and O–H groups in total. The maximum atomic E-state index is 12.9. The zero-order valence-electron chi connectivity index (χ0n) is 16.1. The number of benzene rings is 3. The molecular formula is C23H19F3N2O2. The Kier molecular flexibility index (Phi) is 6.20. The lowest BCUT2D eigenvalue weighted by molar-refractivity contribution is -0.137. The van der Waals surface area contributed by atoms with E-state index in [-0.39, 0.29) is 12.5 Å². The van der Waals surface area contributed by atoms with Crippen LogP contribution in [0.15, 0.2) is 78.9 Å². The minimum atomic E-state index is -4.43. The average molecular weight is 412 g/mol. The Hall–Kier alpha value is -3.61. The number of carbonyl (C=O) groups excluding carboxylic acids is 2. The second kappa shape index (κ2) is 8.82. The molecule has 0 fully saturated rings. The Morgan fingerprint density at radius 2 is 1.47 bits per heavy atom. The third-order valence-corrected chi connectivity index (χ3v) is 4.47. The maximum Gasteiger partial charge on any atom is 0.416 e. The highest BCUT2D eigenvalue weighted by Gasteiger charge is 2.30. The number of hydrogen-bond donors (Lipinski definition) is 1. The lowest BCUT2D eigenvalue weighted by Gasteiger charge is -2.19. The van der Waals surface area contributed by atoms with Gasteiger partial charge in [0.15, 0.2) is 0 Å². The molecule has 0 unspecified atom stereocenters. The van der Waals surface area contributed by atoms with Crippen molar-refractivity contribution in [3.05, 3.63) is 90.0 Å². The monoisotopic (exact) mass is 412 g/mol. The molecule has 0 bridgehead atoms. The summed E-state index contributed by atoms with van der Waals surface area (Å²) < 4.78 is 38.4. The third-order valence-electron chi connectivity index (χ3n) is 4.47. The highest BCUT2D eigenvalue weighted by molar-refractivity contribution is 6.03. The molecule has 2 amide bonds. The van der Waals surface area contributed by atoms with Gasteiger partial charge < -0.3 is 10.2 Å². The molecule has 0 atom stereocenters. The number of rotatable bonds is 5. The summed E-state index contributed by atoms with van der Waals surface area (Å²) in [7, 11) is 1.50. The molecule has 3 aromatic carbocycles. The van der Waals surface area contributed by atoms with E-state index in [9.17, 15) is 22.8 Å². The van der Waals surface area contributed by atoms with E-state index in [0.29, 0.717) is 22.4 Å². The highest BCUT2D eigenvalue weighted by Crippen LogP contribution is 2.32. The predicted molar refractivity (Wildman–Crippen MR) is 109 cm³/mol. The number of hydrogen-bond acceptors (Lipinski definition) is 2. The fourth-order valence-corrected chi connectivity index (χ4v) is 2.97. The molecule has 0 spiro atoms. The summed E-state index contributed by atoms with van der Waals surface area (Å²) >= 11 is 0. The van der Waals surface area contributed by atoms with E-state index in [1.54, 1.807) is 48.5 Å². The van der Waals surface area contributed by atoms with Crippen LogP contribution in [0, 0.1) is 0 Å². The van der Waals surface area contributed by atoms with Crippen molar-refractivity contribution < 1.29 is 22.8 Å². The van der Waals surface area contributed by atoms with E-state index in [4.69, 9.17) is 0 Å². The molecule has 0 saturated heterocycles. The Morgan fingerprint density at radius 1 is 0.867 bits per heavy atom. The number of anilines is 1. The van der Waals surface area contributed by atoms with Gasteiger partial charge in [-0.2, -0.15) is 13.2 Å². The van der Waals surface area contributed by atoms with E-state index in [1.807, 2.05) is 6.07 Å². The highest BCUT2D eigenvalue weighted by atomic mass is 19.4. The Morgan fingerprint density at radius 3 is 2.10 bits per heavy atom. The first-order valence-corrected chi connectivity index (χ1v) is 9.13. The SMILES string of the molecule is CN(CC(=O)Nc1ccccc1)C(=O)c1ccccc1-c1ccc(C(F)(F)F)cc1. The quantitative estimate of drug-likeness (QED) is 0.635. The van der Waals surface area contributed by atoms with Gasteiger partial charge in [-0.1, -0.05) is 48.5 Å². The van der Waals surface area contributed by atoms with Crippen LogP contribution in [-0.2, 0) is 11.0 Å². The molecule has 7 heteroatoms. The van der Waals surface area contributed by atoms with Crippen molar-refractivity contribution in [3.63, 3.8) is 0 Å². The summed E-state index contributed by atoms with van der Waals surface area (Å²) in [5, 5.41) is 2.71. The van der Waals surface area contributed by atoms with Gasteiger partial charge in [-0.25, -0.2) is 0 Å². The van der Waals surface area contributed by atoms with Crippen LogP contribution in [0.1, 0.15) is 15.9 Å². The van der Waals surface area contributed by atoms with Crippen LogP contribution in [0.25, 0.3) is 11.1 Å². The molecule has 3 aromatic rings. The summed E-state index contributed by atoms with van der Waals surface area (Å²) in [5.41, 5.74) is 1.13. The Balaban J connectivity index is 1.77. The standard InChI is InChI=1S/C23H19F3N2O2/c1-28(15-21(29)27-18-7-3-2-4-8-18)22(30)20-10-6-5-9-19(20)16-11-13-17(14-12-16)23(24,25)26/h2-14H,15H2,1H3,(H,27,29). The van der Waals surface area contributed by atoms with Crippen molar-refractivity contribution in [2.75, 3.05) is 18.9 Å². The molecule has 0 radical (unpaired) electrons. The van der Waals surface area contributed by atoms with Gasteiger partial charge in [0, 0.05) is 18.3 Å². The van der Waals surface area contributed by atoms with Crippen LogP contribution in [0.3, 0.4) is 0 Å². The molecule has 0 saturated carbocycles. The molecule has 0 aliphatic heterocycles. The van der Waals surface area contributed by atoms with E-state index in [2.05, 4.69) is 5.32 Å². The van der Waals surface area contributed by atoms with Gasteiger partial charge in [0.1, 0.15) is 0 Å². The van der Waals surface area contributed by atoms with Crippen molar-refractivity contribution in [3.8, 4) is 11.1 Å². The fourth-order valence-electron chi connectivity index (χ4n) is 2.97. The zero-order chi connectivity index (χ0) is 21.7. The average Bonchev–Trinajstić information content (AvgIpc) is 2.73. The van der Waals surface area contributed by atoms with E-state index in [1.165, 1.54) is 24.1 Å². The largest absolute Gasteiger partial charge is 0.416 e. The van der Waals surface area contributed by atoms with Crippen molar-refractivity contribution in [1.82, 2.24) is 4.90 Å². The summed E-state index contributed by atoms with van der Waals surface area (Å²) in [4.78, 5) is 26.4. The van der Waals surface area contributed by atoms with Crippen LogP contribution in [0.4, 0.5) is 18.9 Å². The number of nitrogens with one attached hydrogen (secondary N) is 1. The number of amides is 2. The first-order valence-electron chi connectivity index (χ1n) is 9.13. The van der Waals surface area contributed by atoms with Crippen molar-refractivity contribution in [2.24, 2.45) is 0 Å². The van der Waals surface area contributed by atoms with Gasteiger partial charge in [-0.05, 0) is 41.5 Å². The second-order valence-electron chi connectivity index (χ2n) is 6.70. The second-order valence-corrected chi connectivity index (χ2v) is 6.70. The number of alkyl halides is 3. The minimum Gasteiger partial charge on any atom is -0.332 e. The van der Waals surface area contributed by atoms with Crippen molar-refractivity contribution >= 4 is 17.5 Å². The number of para-hydroxylation sites is 1. The first-order chi connectivity index (χ1) is 14.3. The number of halogens is 3. The predicted octanol–water partition coefficient (Wildman–Crippen LogP) is 5.08. The van der Waals surface area contributed by atoms with E-state index in [0.717, 1.165) is 12.1 Å². The number of nitrogens with zero attached hydrogens (tertiary/aromatic N) is 1. The fraction of sp³-hybridized carbons (Fsp3) is 0.130. The van der Waals surface area contributed by atoms with Crippen LogP contribution in [0.2, 0.25) is 0 Å². The van der Waals surface area contributed by atoms with Crippen LogP contribution in [0.5, 0.6) is 0 Å². The molecule has 154 valence electrons. The van der Waals surface area contributed by atoms with Crippen LogP contribution in [-0.4, -0.2) is 30.3 Å². The number of likely N-dealkylation sites (N-methyl/N-ethyl adjacent to an activating group) is 1. The normalized spacial score (nSPS) is 11.1. The Labute approximate surface area is 171 Å². The van der Waals surface area contributed by atoms with E-state index >= 15 is 0 Å². The Bertz CT molecular complexity index is 1030. The van der Waals surface area contributed by atoms with Gasteiger partial charge in [-0.15, -0.1) is 0 Å². The summed E-state index contributed by atoms with van der Waals surface area (Å²) in [6, 6.07) is 20.1. The zero-order valence-corrected chi connectivity index (χ0v) is 16.1. The molecule has 30 heavy (non-hydrogen) atoms. The van der Waals surface area contributed by atoms with Gasteiger partial charge in [0.25, 0.3) is 5.91 Å².